The lowest BCUT2D eigenvalue weighted by Crippen LogP contribution is -2.30. The average molecular weight is 482 g/mol. The number of hydrogen-bond acceptors (Lipinski definition) is 4. The number of nitrogens with one attached hydrogen (secondary N) is 2. The molecule has 8 heteroatoms. The Morgan fingerprint density at radius 2 is 1.69 bits per heavy atom. The molecule has 0 saturated heterocycles. The molecule has 3 aromatic carbocycles. The van der Waals surface area contributed by atoms with Crippen molar-refractivity contribution in [3.8, 4) is 6.07 Å². The topological polar surface area (TPSA) is 82.0 Å². The summed E-state index contributed by atoms with van der Waals surface area (Å²) in [5.74, 6) is -0.624. The molecule has 0 aliphatic heterocycles. The molecule has 0 atom stereocenters. The van der Waals surface area contributed by atoms with Crippen LogP contribution in [0.2, 0.25) is 10.0 Å². The van der Waals surface area contributed by atoms with E-state index in [1.165, 1.54) is 17.8 Å². The van der Waals surface area contributed by atoms with Gasteiger partial charge in [0.1, 0.15) is 5.70 Å². The van der Waals surface area contributed by atoms with Gasteiger partial charge >= 0.3 is 0 Å². The second-order valence-corrected chi connectivity index (χ2v) is 8.28. The molecule has 0 fully saturated rings. The molecule has 0 spiro atoms. The molecule has 0 heterocycles. The highest BCUT2D eigenvalue weighted by atomic mass is 35.5. The minimum absolute atomic E-state index is 0.00551. The van der Waals surface area contributed by atoms with Gasteiger partial charge in [-0.05, 0) is 54.1 Å². The van der Waals surface area contributed by atoms with Crippen LogP contribution < -0.4 is 10.6 Å². The summed E-state index contributed by atoms with van der Waals surface area (Å²) in [7, 11) is 0. The summed E-state index contributed by atoms with van der Waals surface area (Å²) in [6.45, 7) is 0. The maximum atomic E-state index is 13.0. The lowest BCUT2D eigenvalue weighted by Gasteiger charge is -2.12. The third kappa shape index (κ3) is 6.38. The van der Waals surface area contributed by atoms with Crippen molar-refractivity contribution in [1.82, 2.24) is 5.32 Å². The van der Waals surface area contributed by atoms with Crippen LogP contribution in [-0.2, 0) is 4.79 Å². The van der Waals surface area contributed by atoms with Gasteiger partial charge in [0.25, 0.3) is 11.8 Å². The standard InChI is InChI=1S/C24H17Cl2N3O2S/c25-20-8-4-7-17(22(20)26)15-21(29-23(30)16-5-2-1-3-6-16)24(31)28-18-9-11-19(12-10-18)32-14-13-27/h1-12,15H,14H2,(H,28,31)(H,29,30)/b21-15-. The van der Waals surface area contributed by atoms with Crippen molar-refractivity contribution in [3.05, 3.63) is 99.7 Å². The van der Waals surface area contributed by atoms with E-state index < -0.39 is 11.8 Å². The third-order valence-electron chi connectivity index (χ3n) is 4.23. The summed E-state index contributed by atoms with van der Waals surface area (Å²) in [6, 6.07) is 22.7. The smallest absolute Gasteiger partial charge is 0.272 e. The van der Waals surface area contributed by atoms with Crippen LogP contribution in [0.3, 0.4) is 0 Å². The number of carbonyl (C=O) groups is 2. The SMILES string of the molecule is N#CCSc1ccc(NC(=O)/C(=C/c2cccc(Cl)c2Cl)NC(=O)c2ccccc2)cc1. The number of thioether (sulfide) groups is 1. The van der Waals surface area contributed by atoms with Crippen LogP contribution in [0.1, 0.15) is 15.9 Å². The van der Waals surface area contributed by atoms with Crippen molar-refractivity contribution in [2.24, 2.45) is 0 Å². The molecule has 0 aliphatic carbocycles. The number of halogens is 2. The lowest BCUT2D eigenvalue weighted by atomic mass is 10.1. The van der Waals surface area contributed by atoms with Gasteiger partial charge in [0.05, 0.1) is 21.9 Å². The quantitative estimate of drug-likeness (QED) is 0.319. The Balaban J connectivity index is 1.86. The Labute approximate surface area is 200 Å². The fourth-order valence-corrected chi connectivity index (χ4v) is 3.60. The van der Waals surface area contributed by atoms with Crippen molar-refractivity contribution in [2.75, 3.05) is 11.1 Å². The Hall–Kier alpha value is -3.24. The number of anilines is 1. The number of rotatable bonds is 7. The van der Waals surface area contributed by atoms with Crippen molar-refractivity contribution in [2.45, 2.75) is 4.90 Å². The molecule has 32 heavy (non-hydrogen) atoms. The van der Waals surface area contributed by atoms with Gasteiger partial charge in [0, 0.05) is 16.1 Å². The Bertz CT molecular complexity index is 1190. The minimum atomic E-state index is -0.525. The molecule has 0 unspecified atom stereocenters. The van der Waals surface area contributed by atoms with E-state index in [1.807, 2.05) is 0 Å². The number of carbonyl (C=O) groups excluding carboxylic acids is 2. The minimum Gasteiger partial charge on any atom is -0.321 e. The first-order valence-corrected chi connectivity index (χ1v) is 11.2. The maximum Gasteiger partial charge on any atom is 0.272 e. The second kappa shape index (κ2) is 11.4. The number of amides is 2. The fourth-order valence-electron chi connectivity index (χ4n) is 2.68. The molecule has 0 bridgehead atoms. The van der Waals surface area contributed by atoms with Gasteiger partial charge in [-0.15, -0.1) is 11.8 Å². The van der Waals surface area contributed by atoms with E-state index in [9.17, 15) is 9.59 Å². The van der Waals surface area contributed by atoms with E-state index in [0.29, 0.717) is 27.6 Å². The first-order valence-electron chi connectivity index (χ1n) is 9.41. The van der Waals surface area contributed by atoms with E-state index in [-0.39, 0.29) is 10.7 Å². The largest absolute Gasteiger partial charge is 0.321 e. The molecule has 0 aliphatic rings. The molecule has 2 amide bonds. The lowest BCUT2D eigenvalue weighted by molar-refractivity contribution is -0.113. The van der Waals surface area contributed by atoms with Gasteiger partial charge in [-0.1, -0.05) is 53.5 Å². The normalized spacial score (nSPS) is 10.8. The summed E-state index contributed by atoms with van der Waals surface area (Å²) >= 11 is 13.8. The molecule has 160 valence electrons. The second-order valence-electron chi connectivity index (χ2n) is 6.45. The zero-order chi connectivity index (χ0) is 22.9. The van der Waals surface area contributed by atoms with Crippen molar-refractivity contribution in [3.63, 3.8) is 0 Å². The predicted molar refractivity (Wildman–Crippen MR) is 130 cm³/mol. The summed E-state index contributed by atoms with van der Waals surface area (Å²) in [4.78, 5) is 26.6. The van der Waals surface area contributed by atoms with E-state index in [2.05, 4.69) is 16.7 Å². The van der Waals surface area contributed by atoms with E-state index in [1.54, 1.807) is 72.8 Å². The molecule has 5 nitrogen and oxygen atoms in total. The van der Waals surface area contributed by atoms with Gasteiger partial charge in [0.2, 0.25) is 0 Å². The molecule has 0 radical (unpaired) electrons. The molecule has 2 N–H and O–H groups in total. The van der Waals surface area contributed by atoms with E-state index >= 15 is 0 Å². The first-order chi connectivity index (χ1) is 15.5. The monoisotopic (exact) mass is 481 g/mol. The summed E-state index contributed by atoms with van der Waals surface area (Å²) in [5, 5.41) is 14.7. The number of nitriles is 1. The van der Waals surface area contributed by atoms with E-state index in [0.717, 1.165) is 4.90 Å². The van der Waals surface area contributed by atoms with Crippen molar-refractivity contribution >= 4 is 58.5 Å². The maximum absolute atomic E-state index is 13.0. The summed E-state index contributed by atoms with van der Waals surface area (Å²) < 4.78 is 0. The van der Waals surface area contributed by atoms with Crippen LogP contribution in [0.25, 0.3) is 6.08 Å². The average Bonchev–Trinajstić information content (AvgIpc) is 2.81. The van der Waals surface area contributed by atoms with Crippen LogP contribution in [-0.4, -0.2) is 17.6 Å². The predicted octanol–water partition coefficient (Wildman–Crippen LogP) is 6.02. The Morgan fingerprint density at radius 3 is 2.38 bits per heavy atom. The molecule has 0 aromatic heterocycles. The van der Waals surface area contributed by atoms with Gasteiger partial charge in [-0.2, -0.15) is 5.26 Å². The van der Waals surface area contributed by atoms with Crippen LogP contribution in [0.4, 0.5) is 5.69 Å². The van der Waals surface area contributed by atoms with Gasteiger partial charge in [-0.25, -0.2) is 0 Å². The zero-order valence-electron chi connectivity index (χ0n) is 16.6. The number of nitrogens with zero attached hydrogens (tertiary/aromatic N) is 1. The Morgan fingerprint density at radius 1 is 0.969 bits per heavy atom. The molecule has 0 saturated carbocycles. The van der Waals surface area contributed by atoms with Crippen LogP contribution in [0, 0.1) is 11.3 Å². The molecular formula is C24H17Cl2N3O2S. The number of hydrogen-bond donors (Lipinski definition) is 2. The van der Waals surface area contributed by atoms with Crippen LogP contribution in [0.5, 0.6) is 0 Å². The molecule has 3 rings (SSSR count). The fraction of sp³-hybridized carbons (Fsp3) is 0.0417. The highest BCUT2D eigenvalue weighted by molar-refractivity contribution is 7.99. The van der Waals surface area contributed by atoms with Gasteiger partial charge in [-0.3, -0.25) is 9.59 Å². The first kappa shape index (κ1) is 23.4. The third-order valence-corrected chi connectivity index (χ3v) is 5.94. The molecular weight excluding hydrogens is 465 g/mol. The Kier molecular flexibility index (Phi) is 8.34. The highest BCUT2D eigenvalue weighted by Gasteiger charge is 2.16. The van der Waals surface area contributed by atoms with Gasteiger partial charge in [0.15, 0.2) is 0 Å². The van der Waals surface area contributed by atoms with E-state index in [4.69, 9.17) is 28.5 Å². The highest BCUT2D eigenvalue weighted by Crippen LogP contribution is 2.27. The summed E-state index contributed by atoms with van der Waals surface area (Å²) in [6.07, 6.45) is 1.47. The number of benzene rings is 3. The molecule has 3 aromatic rings. The summed E-state index contributed by atoms with van der Waals surface area (Å²) in [5.41, 5.74) is 1.43. The van der Waals surface area contributed by atoms with Crippen molar-refractivity contribution < 1.29 is 9.59 Å². The van der Waals surface area contributed by atoms with Crippen molar-refractivity contribution in [1.29, 1.82) is 5.26 Å². The van der Waals surface area contributed by atoms with Crippen LogP contribution in [0.15, 0.2) is 83.4 Å². The zero-order valence-corrected chi connectivity index (χ0v) is 19.0. The van der Waals surface area contributed by atoms with Gasteiger partial charge < -0.3 is 10.6 Å². The van der Waals surface area contributed by atoms with Crippen LogP contribution >= 0.6 is 35.0 Å².